The molecule has 7 heteroatoms. The van der Waals surface area contributed by atoms with E-state index in [-0.39, 0.29) is 12.4 Å². The van der Waals surface area contributed by atoms with E-state index in [0.717, 1.165) is 0 Å². The van der Waals surface area contributed by atoms with E-state index >= 15 is 0 Å². The number of nitrogens with zero attached hydrogens (tertiary/aromatic N) is 3. The van der Waals surface area contributed by atoms with Crippen molar-refractivity contribution >= 4 is 17.4 Å². The van der Waals surface area contributed by atoms with Crippen molar-refractivity contribution in [2.75, 3.05) is 0 Å². The van der Waals surface area contributed by atoms with Gasteiger partial charge in [-0.3, -0.25) is 0 Å². The summed E-state index contributed by atoms with van der Waals surface area (Å²) in [5.41, 5.74) is 0.329. The van der Waals surface area contributed by atoms with E-state index in [1.54, 1.807) is 0 Å². The molecule has 5 nitrogen and oxygen atoms in total. The Labute approximate surface area is 101 Å². The lowest BCUT2D eigenvalue weighted by atomic mass is 10.2. The van der Waals surface area contributed by atoms with Gasteiger partial charge in [-0.05, 0) is 23.1 Å². The van der Waals surface area contributed by atoms with E-state index in [4.69, 9.17) is 11.6 Å². The fraction of sp³-hybridized carbons (Fsp3) is 0.100. The van der Waals surface area contributed by atoms with E-state index in [0.29, 0.717) is 10.6 Å². The molecule has 0 unspecified atom stereocenters. The Bertz CT molecular complexity index is 570. The molecule has 0 bridgehead atoms. The van der Waals surface area contributed by atoms with Crippen LogP contribution in [0.1, 0.15) is 5.56 Å². The minimum absolute atomic E-state index is 0.0975. The Morgan fingerprint density at radius 1 is 1.47 bits per heavy atom. The van der Waals surface area contributed by atoms with Gasteiger partial charge < -0.3 is 10.1 Å². The Hall–Kier alpha value is -1.95. The zero-order valence-electron chi connectivity index (χ0n) is 8.51. The summed E-state index contributed by atoms with van der Waals surface area (Å²) in [5, 5.41) is 14.5. The average molecular weight is 256 g/mol. The molecule has 88 valence electrons. The summed E-state index contributed by atoms with van der Waals surface area (Å²) >= 11 is 5.73. The maximum Gasteiger partial charge on any atom is 0.389 e. The fourth-order valence-corrected chi connectivity index (χ4v) is 1.57. The Morgan fingerprint density at radius 3 is 2.88 bits per heavy atom. The van der Waals surface area contributed by atoms with Gasteiger partial charge in [0.2, 0.25) is 0 Å². The Kier molecular flexibility index (Phi) is 3.06. The van der Waals surface area contributed by atoms with Crippen LogP contribution >= 0.6 is 11.6 Å². The number of hydrogen-bond donors (Lipinski definition) is 0. The number of nitro groups is 1. The average Bonchev–Trinajstić information content (AvgIpc) is 2.72. The number of hydrogen-bond acceptors (Lipinski definition) is 3. The highest BCUT2D eigenvalue weighted by atomic mass is 35.5. The predicted octanol–water partition coefficient (Wildman–Crippen LogP) is 2.63. The van der Waals surface area contributed by atoms with Crippen molar-refractivity contribution in [2.24, 2.45) is 0 Å². The number of halogens is 2. The maximum atomic E-state index is 13.4. The van der Waals surface area contributed by atoms with Crippen molar-refractivity contribution in [1.29, 1.82) is 0 Å². The van der Waals surface area contributed by atoms with E-state index in [1.807, 2.05) is 0 Å². The van der Waals surface area contributed by atoms with Gasteiger partial charge in [-0.2, -0.15) is 4.68 Å². The first-order chi connectivity index (χ1) is 8.06. The molecule has 0 fully saturated rings. The first-order valence-corrected chi connectivity index (χ1v) is 5.06. The molecule has 0 aliphatic carbocycles. The van der Waals surface area contributed by atoms with E-state index in [1.165, 1.54) is 35.1 Å². The molecular formula is C10H7ClFN3O2. The lowest BCUT2D eigenvalue weighted by Gasteiger charge is -2.01. The molecule has 1 heterocycles. The third-order valence-corrected chi connectivity index (χ3v) is 2.39. The zero-order valence-corrected chi connectivity index (χ0v) is 9.26. The van der Waals surface area contributed by atoms with Gasteiger partial charge in [-0.1, -0.05) is 11.6 Å². The monoisotopic (exact) mass is 255 g/mol. The van der Waals surface area contributed by atoms with Crippen LogP contribution in [-0.2, 0) is 6.54 Å². The van der Waals surface area contributed by atoms with Crippen LogP contribution in [0.5, 0.6) is 0 Å². The standard InChI is InChI=1S/C10H7ClFN3O2/c11-8-1-2-9(12)7(5-8)6-14-4-3-10(13-14)15(16)17/h1-5H,6H2. The topological polar surface area (TPSA) is 61.0 Å². The molecule has 0 spiro atoms. The Balaban J connectivity index is 2.25. The van der Waals surface area contributed by atoms with Crippen LogP contribution in [-0.4, -0.2) is 14.7 Å². The molecule has 0 aliphatic heterocycles. The molecule has 0 radical (unpaired) electrons. The molecule has 1 aromatic carbocycles. The SMILES string of the molecule is O=[N+]([O-])c1ccn(Cc2cc(Cl)ccc2F)n1. The highest BCUT2D eigenvalue weighted by molar-refractivity contribution is 6.30. The number of benzene rings is 1. The molecule has 0 amide bonds. The predicted molar refractivity (Wildman–Crippen MR) is 59.4 cm³/mol. The molecule has 2 aromatic rings. The molecule has 1 aromatic heterocycles. The van der Waals surface area contributed by atoms with Crippen molar-refractivity contribution in [1.82, 2.24) is 9.78 Å². The molecule has 0 atom stereocenters. The van der Waals surface area contributed by atoms with Crippen molar-refractivity contribution in [3.05, 3.63) is 57.0 Å². The lowest BCUT2D eigenvalue weighted by Crippen LogP contribution is -2.03. The third kappa shape index (κ3) is 2.59. The molecular weight excluding hydrogens is 249 g/mol. The summed E-state index contributed by atoms with van der Waals surface area (Å²) in [7, 11) is 0. The first-order valence-electron chi connectivity index (χ1n) is 4.68. The van der Waals surface area contributed by atoms with Gasteiger partial charge in [0.15, 0.2) is 0 Å². The van der Waals surface area contributed by atoms with Crippen LogP contribution in [0.15, 0.2) is 30.5 Å². The minimum Gasteiger partial charge on any atom is -0.358 e. The Morgan fingerprint density at radius 2 is 2.24 bits per heavy atom. The molecule has 0 aliphatic rings. The largest absolute Gasteiger partial charge is 0.389 e. The summed E-state index contributed by atoms with van der Waals surface area (Å²) in [4.78, 5) is 9.82. The summed E-state index contributed by atoms with van der Waals surface area (Å²) in [6.07, 6.45) is 1.42. The number of rotatable bonds is 3. The van der Waals surface area contributed by atoms with Crippen LogP contribution in [0.4, 0.5) is 10.2 Å². The second-order valence-electron chi connectivity index (χ2n) is 3.36. The second kappa shape index (κ2) is 4.50. The normalized spacial score (nSPS) is 10.5. The van der Waals surface area contributed by atoms with Crippen molar-refractivity contribution in [3.63, 3.8) is 0 Å². The smallest absolute Gasteiger partial charge is 0.358 e. The molecule has 17 heavy (non-hydrogen) atoms. The van der Waals surface area contributed by atoms with Gasteiger partial charge in [0.1, 0.15) is 5.82 Å². The van der Waals surface area contributed by atoms with Crippen LogP contribution in [0.2, 0.25) is 5.02 Å². The van der Waals surface area contributed by atoms with E-state index < -0.39 is 10.7 Å². The maximum absolute atomic E-state index is 13.4. The van der Waals surface area contributed by atoms with Gasteiger partial charge in [-0.15, -0.1) is 0 Å². The molecule has 2 rings (SSSR count). The van der Waals surface area contributed by atoms with Crippen LogP contribution in [0.25, 0.3) is 0 Å². The summed E-state index contributed by atoms with van der Waals surface area (Å²) in [6, 6.07) is 5.40. The molecule has 0 N–H and O–H groups in total. The molecule has 0 saturated carbocycles. The third-order valence-electron chi connectivity index (χ3n) is 2.15. The molecule has 0 saturated heterocycles. The summed E-state index contributed by atoms with van der Waals surface area (Å²) in [6.45, 7) is 0.0975. The second-order valence-corrected chi connectivity index (χ2v) is 3.80. The van der Waals surface area contributed by atoms with Gasteiger partial charge in [0.05, 0.1) is 23.9 Å². The number of aromatic nitrogens is 2. The first kappa shape index (κ1) is 11.5. The van der Waals surface area contributed by atoms with Crippen LogP contribution in [0.3, 0.4) is 0 Å². The van der Waals surface area contributed by atoms with Crippen molar-refractivity contribution in [2.45, 2.75) is 6.54 Å². The van der Waals surface area contributed by atoms with Gasteiger partial charge in [0, 0.05) is 10.6 Å². The van der Waals surface area contributed by atoms with Crippen molar-refractivity contribution in [3.8, 4) is 0 Å². The zero-order chi connectivity index (χ0) is 12.4. The van der Waals surface area contributed by atoms with E-state index in [9.17, 15) is 14.5 Å². The minimum atomic E-state index is -0.606. The quantitative estimate of drug-likeness (QED) is 0.626. The van der Waals surface area contributed by atoms with Crippen LogP contribution < -0.4 is 0 Å². The highest BCUT2D eigenvalue weighted by Gasteiger charge is 2.12. The van der Waals surface area contributed by atoms with Gasteiger partial charge >= 0.3 is 5.82 Å². The van der Waals surface area contributed by atoms with E-state index in [2.05, 4.69) is 5.10 Å². The summed E-state index contributed by atoms with van der Waals surface area (Å²) < 4.78 is 14.7. The van der Waals surface area contributed by atoms with Crippen LogP contribution in [0, 0.1) is 15.9 Å². The van der Waals surface area contributed by atoms with Gasteiger partial charge in [-0.25, -0.2) is 4.39 Å². The highest BCUT2D eigenvalue weighted by Crippen LogP contribution is 2.16. The lowest BCUT2D eigenvalue weighted by molar-refractivity contribution is -0.389. The fourth-order valence-electron chi connectivity index (χ4n) is 1.38. The van der Waals surface area contributed by atoms with Crippen molar-refractivity contribution < 1.29 is 9.31 Å². The van der Waals surface area contributed by atoms with Gasteiger partial charge in [0.25, 0.3) is 0 Å². The summed E-state index contributed by atoms with van der Waals surface area (Å²) in [5.74, 6) is -0.694.